The predicted octanol–water partition coefficient (Wildman–Crippen LogP) is 2.29. The Balaban J connectivity index is 2.20. The zero-order valence-corrected chi connectivity index (χ0v) is 9.85. The van der Waals surface area contributed by atoms with Crippen molar-refractivity contribution in [3.8, 4) is 0 Å². The largest absolute Gasteiger partial charge is 0.464 e. The van der Waals surface area contributed by atoms with Crippen molar-refractivity contribution in [1.29, 1.82) is 0 Å². The van der Waals surface area contributed by atoms with E-state index in [4.69, 9.17) is 0 Å². The minimum Gasteiger partial charge on any atom is -0.464 e. The van der Waals surface area contributed by atoms with Crippen LogP contribution < -0.4 is 5.32 Å². The molecule has 0 amide bonds. The third-order valence-corrected chi connectivity index (χ3v) is 2.26. The number of hydrogen-bond donors (Lipinski definition) is 1. The van der Waals surface area contributed by atoms with Crippen molar-refractivity contribution in [2.45, 2.75) is 0 Å². The summed E-state index contributed by atoms with van der Waals surface area (Å²) >= 11 is 0. The Labute approximate surface area is 107 Å². The Morgan fingerprint density at radius 2 is 2.05 bits per heavy atom. The minimum atomic E-state index is -1.01. The molecule has 0 saturated heterocycles. The van der Waals surface area contributed by atoms with Crippen molar-refractivity contribution in [3.05, 3.63) is 47.9 Å². The van der Waals surface area contributed by atoms with Crippen LogP contribution in [0.3, 0.4) is 0 Å². The first-order valence-corrected chi connectivity index (χ1v) is 5.23. The van der Waals surface area contributed by atoms with Crippen LogP contribution in [0.25, 0.3) is 0 Å². The molecule has 5 nitrogen and oxygen atoms in total. The fourth-order valence-electron chi connectivity index (χ4n) is 1.34. The molecular weight excluding hydrogens is 256 g/mol. The van der Waals surface area contributed by atoms with Crippen LogP contribution in [0, 0.1) is 11.6 Å². The normalized spacial score (nSPS) is 10.1. The van der Waals surface area contributed by atoms with Crippen molar-refractivity contribution in [2.75, 3.05) is 12.4 Å². The summed E-state index contributed by atoms with van der Waals surface area (Å²) in [5.41, 5.74) is -0.0483. The molecule has 2 rings (SSSR count). The lowest BCUT2D eigenvalue weighted by Crippen LogP contribution is -2.06. The average Bonchev–Trinajstić information content (AvgIpc) is 2.44. The SMILES string of the molecule is COC(=O)c1cnc(Nc2cccc(F)c2F)cn1. The lowest BCUT2D eigenvalue weighted by molar-refractivity contribution is 0.0593. The predicted molar refractivity (Wildman–Crippen MR) is 63.0 cm³/mol. The number of carbonyl (C=O) groups excluding carboxylic acids is 1. The van der Waals surface area contributed by atoms with Crippen LogP contribution in [-0.4, -0.2) is 23.0 Å². The maximum atomic E-state index is 13.4. The van der Waals surface area contributed by atoms with Gasteiger partial charge in [-0.3, -0.25) is 0 Å². The van der Waals surface area contributed by atoms with Gasteiger partial charge in [-0.2, -0.15) is 0 Å². The van der Waals surface area contributed by atoms with Gasteiger partial charge >= 0.3 is 5.97 Å². The zero-order chi connectivity index (χ0) is 13.8. The van der Waals surface area contributed by atoms with Gasteiger partial charge in [-0.1, -0.05) is 6.07 Å². The van der Waals surface area contributed by atoms with Gasteiger partial charge in [0.25, 0.3) is 0 Å². The first-order valence-electron chi connectivity index (χ1n) is 5.23. The molecule has 7 heteroatoms. The van der Waals surface area contributed by atoms with Gasteiger partial charge in [-0.25, -0.2) is 23.5 Å². The number of benzene rings is 1. The summed E-state index contributed by atoms with van der Waals surface area (Å²) < 4.78 is 30.8. The van der Waals surface area contributed by atoms with Crippen LogP contribution in [0.15, 0.2) is 30.6 Å². The van der Waals surface area contributed by atoms with E-state index in [-0.39, 0.29) is 17.2 Å². The number of aromatic nitrogens is 2. The molecule has 0 unspecified atom stereocenters. The molecule has 0 spiro atoms. The molecular formula is C12H9F2N3O2. The summed E-state index contributed by atoms with van der Waals surface area (Å²) in [5, 5.41) is 2.56. The van der Waals surface area contributed by atoms with Gasteiger partial charge < -0.3 is 10.1 Å². The monoisotopic (exact) mass is 265 g/mol. The first kappa shape index (κ1) is 12.9. The second-order valence-corrected chi connectivity index (χ2v) is 3.50. The molecule has 1 aromatic carbocycles. The zero-order valence-electron chi connectivity index (χ0n) is 9.85. The molecule has 0 aliphatic heterocycles. The summed E-state index contributed by atoms with van der Waals surface area (Å²) in [5.74, 6) is -2.43. The van der Waals surface area contributed by atoms with Crippen LogP contribution >= 0.6 is 0 Å². The van der Waals surface area contributed by atoms with Gasteiger partial charge in [-0.15, -0.1) is 0 Å². The van der Waals surface area contributed by atoms with Gasteiger partial charge in [0.2, 0.25) is 0 Å². The lowest BCUT2D eigenvalue weighted by atomic mass is 10.3. The highest BCUT2D eigenvalue weighted by atomic mass is 19.2. The number of rotatable bonds is 3. The summed E-state index contributed by atoms with van der Waals surface area (Å²) in [6, 6.07) is 3.72. The summed E-state index contributed by atoms with van der Waals surface area (Å²) in [6.45, 7) is 0. The number of hydrogen-bond acceptors (Lipinski definition) is 5. The standard InChI is InChI=1S/C12H9F2N3O2/c1-19-12(18)9-5-16-10(6-15-9)17-8-4-2-3-7(13)11(8)14/h2-6H,1H3,(H,16,17). The van der Waals surface area contributed by atoms with Gasteiger partial charge in [-0.05, 0) is 12.1 Å². The highest BCUT2D eigenvalue weighted by Gasteiger charge is 2.10. The van der Waals surface area contributed by atoms with E-state index in [0.717, 1.165) is 6.07 Å². The van der Waals surface area contributed by atoms with Gasteiger partial charge in [0, 0.05) is 0 Å². The number of anilines is 2. The summed E-state index contributed by atoms with van der Waals surface area (Å²) in [7, 11) is 1.22. The maximum Gasteiger partial charge on any atom is 0.358 e. The highest BCUT2D eigenvalue weighted by molar-refractivity contribution is 5.86. The summed E-state index contributed by atoms with van der Waals surface area (Å²) in [4.78, 5) is 18.8. The molecule has 1 heterocycles. The van der Waals surface area contributed by atoms with Crippen LogP contribution in [-0.2, 0) is 4.74 Å². The van der Waals surface area contributed by atoms with Crippen molar-refractivity contribution in [1.82, 2.24) is 9.97 Å². The van der Waals surface area contributed by atoms with Gasteiger partial charge in [0.05, 0.1) is 25.2 Å². The quantitative estimate of drug-likeness (QED) is 0.862. The fraction of sp³-hybridized carbons (Fsp3) is 0.0833. The summed E-state index contributed by atoms with van der Waals surface area (Å²) in [6.07, 6.45) is 2.39. The molecule has 1 aromatic heterocycles. The molecule has 0 radical (unpaired) electrons. The molecule has 19 heavy (non-hydrogen) atoms. The molecule has 1 N–H and O–H groups in total. The van der Waals surface area contributed by atoms with E-state index in [9.17, 15) is 13.6 Å². The topological polar surface area (TPSA) is 64.1 Å². The number of halogens is 2. The second-order valence-electron chi connectivity index (χ2n) is 3.50. The molecule has 2 aromatic rings. The number of esters is 1. The first-order chi connectivity index (χ1) is 9.11. The van der Waals surface area contributed by atoms with E-state index in [1.165, 1.54) is 31.6 Å². The van der Waals surface area contributed by atoms with Crippen molar-refractivity contribution in [2.24, 2.45) is 0 Å². The highest BCUT2D eigenvalue weighted by Crippen LogP contribution is 2.19. The van der Waals surface area contributed by atoms with E-state index < -0.39 is 17.6 Å². The number of methoxy groups -OCH3 is 1. The van der Waals surface area contributed by atoms with Crippen molar-refractivity contribution >= 4 is 17.5 Å². The average molecular weight is 265 g/mol. The van der Waals surface area contributed by atoms with Crippen molar-refractivity contribution < 1.29 is 18.3 Å². The Kier molecular flexibility index (Phi) is 3.65. The van der Waals surface area contributed by atoms with E-state index in [1.807, 2.05) is 0 Å². The minimum absolute atomic E-state index is 0.0211. The van der Waals surface area contributed by atoms with E-state index in [2.05, 4.69) is 20.0 Å². The molecule has 0 atom stereocenters. The van der Waals surface area contributed by atoms with E-state index in [0.29, 0.717) is 0 Å². The Hall–Kier alpha value is -2.57. The molecule has 0 aliphatic carbocycles. The van der Waals surface area contributed by atoms with Crippen LogP contribution in [0.5, 0.6) is 0 Å². The number of ether oxygens (including phenoxy) is 1. The van der Waals surface area contributed by atoms with Gasteiger partial charge in [0.15, 0.2) is 17.3 Å². The van der Waals surface area contributed by atoms with Crippen LogP contribution in [0.2, 0.25) is 0 Å². The van der Waals surface area contributed by atoms with Crippen LogP contribution in [0.1, 0.15) is 10.5 Å². The molecule has 0 fully saturated rings. The van der Waals surface area contributed by atoms with Gasteiger partial charge in [0.1, 0.15) is 5.82 Å². The second kappa shape index (κ2) is 5.38. The molecule has 0 saturated carbocycles. The molecule has 0 aliphatic rings. The number of nitrogens with zero attached hydrogens (tertiary/aromatic N) is 2. The lowest BCUT2D eigenvalue weighted by Gasteiger charge is -2.06. The van der Waals surface area contributed by atoms with E-state index >= 15 is 0 Å². The Bertz CT molecular complexity index is 602. The maximum absolute atomic E-state index is 13.4. The Morgan fingerprint density at radius 3 is 2.68 bits per heavy atom. The third-order valence-electron chi connectivity index (χ3n) is 2.26. The van der Waals surface area contributed by atoms with E-state index in [1.54, 1.807) is 0 Å². The molecule has 0 bridgehead atoms. The Morgan fingerprint density at radius 1 is 1.26 bits per heavy atom. The number of carbonyl (C=O) groups is 1. The van der Waals surface area contributed by atoms with Crippen LogP contribution in [0.4, 0.5) is 20.3 Å². The smallest absolute Gasteiger partial charge is 0.358 e. The number of nitrogens with one attached hydrogen (secondary N) is 1. The fourth-order valence-corrected chi connectivity index (χ4v) is 1.34. The third kappa shape index (κ3) is 2.82. The molecule has 98 valence electrons. The van der Waals surface area contributed by atoms with Crippen molar-refractivity contribution in [3.63, 3.8) is 0 Å².